The van der Waals surface area contributed by atoms with Crippen molar-refractivity contribution in [1.82, 2.24) is 9.97 Å². The summed E-state index contributed by atoms with van der Waals surface area (Å²) in [6.45, 7) is 0.701. The van der Waals surface area contributed by atoms with Crippen LogP contribution in [0.4, 0.5) is 17.5 Å². The zero-order chi connectivity index (χ0) is 13.2. The van der Waals surface area contributed by atoms with Crippen LogP contribution in [0.5, 0.6) is 5.75 Å². The molecular formula is C13H13N5O. The summed E-state index contributed by atoms with van der Waals surface area (Å²) < 4.78 is 5.38. The van der Waals surface area contributed by atoms with Gasteiger partial charge in [0.2, 0.25) is 5.95 Å². The lowest BCUT2D eigenvalue weighted by Crippen LogP contribution is -2.01. The summed E-state index contributed by atoms with van der Waals surface area (Å²) in [6, 6.07) is 5.72. The van der Waals surface area contributed by atoms with Crippen LogP contribution in [0.25, 0.3) is 0 Å². The maximum absolute atomic E-state index is 5.56. The lowest BCUT2D eigenvalue weighted by Gasteiger charge is -2.12. The maximum atomic E-state index is 5.56. The first kappa shape index (κ1) is 11.5. The van der Waals surface area contributed by atoms with E-state index < -0.39 is 0 Å². The average Bonchev–Trinajstić information content (AvgIpc) is 2.85. The van der Waals surface area contributed by atoms with E-state index in [1.165, 1.54) is 0 Å². The second kappa shape index (κ2) is 4.56. The van der Waals surface area contributed by atoms with Gasteiger partial charge in [0.25, 0.3) is 0 Å². The van der Waals surface area contributed by atoms with Gasteiger partial charge in [0, 0.05) is 12.4 Å². The van der Waals surface area contributed by atoms with E-state index in [1.807, 2.05) is 18.3 Å². The zero-order valence-corrected chi connectivity index (χ0v) is 10.4. The molecule has 0 fully saturated rings. The van der Waals surface area contributed by atoms with E-state index in [-0.39, 0.29) is 5.95 Å². The van der Waals surface area contributed by atoms with Crippen molar-refractivity contribution in [3.05, 3.63) is 35.5 Å². The zero-order valence-electron chi connectivity index (χ0n) is 10.4. The Morgan fingerprint density at radius 2 is 2.26 bits per heavy atom. The highest BCUT2D eigenvalue weighted by atomic mass is 16.5. The van der Waals surface area contributed by atoms with Crippen LogP contribution in [-0.2, 0) is 6.54 Å². The fourth-order valence-corrected chi connectivity index (χ4v) is 1.99. The number of hydrogen-bond acceptors (Lipinski definition) is 6. The Balaban J connectivity index is 1.98. The Bertz CT molecular complexity index is 653. The van der Waals surface area contributed by atoms with E-state index in [0.29, 0.717) is 12.4 Å². The van der Waals surface area contributed by atoms with Crippen LogP contribution >= 0.6 is 0 Å². The lowest BCUT2D eigenvalue weighted by atomic mass is 10.1. The topological polar surface area (TPSA) is 85.4 Å². The number of hydrogen-bond donors (Lipinski definition) is 2. The van der Waals surface area contributed by atoms with Gasteiger partial charge in [-0.1, -0.05) is 0 Å². The molecule has 6 nitrogen and oxygen atoms in total. The molecule has 0 atom stereocenters. The Hall–Kier alpha value is -2.63. The maximum Gasteiger partial charge on any atom is 0.221 e. The summed E-state index contributed by atoms with van der Waals surface area (Å²) >= 11 is 0. The van der Waals surface area contributed by atoms with Crippen molar-refractivity contribution in [3.8, 4) is 5.75 Å². The van der Waals surface area contributed by atoms with Crippen LogP contribution < -0.4 is 15.8 Å². The minimum atomic E-state index is 0.228. The third-order valence-electron chi connectivity index (χ3n) is 2.89. The van der Waals surface area contributed by atoms with Gasteiger partial charge < -0.3 is 15.8 Å². The fourth-order valence-electron chi connectivity index (χ4n) is 1.99. The van der Waals surface area contributed by atoms with Crippen LogP contribution in [0.3, 0.4) is 0 Å². The first-order valence-corrected chi connectivity index (χ1v) is 5.82. The minimum absolute atomic E-state index is 0.228. The van der Waals surface area contributed by atoms with Crippen molar-refractivity contribution < 1.29 is 4.74 Å². The van der Waals surface area contributed by atoms with Crippen LogP contribution in [-0.4, -0.2) is 23.3 Å². The second-order valence-corrected chi connectivity index (χ2v) is 4.15. The summed E-state index contributed by atoms with van der Waals surface area (Å²) in [7, 11) is 1.64. The Morgan fingerprint density at radius 3 is 3.05 bits per heavy atom. The van der Waals surface area contributed by atoms with Gasteiger partial charge in [-0.3, -0.25) is 4.99 Å². The molecule has 0 bridgehead atoms. The monoisotopic (exact) mass is 255 g/mol. The van der Waals surface area contributed by atoms with E-state index in [4.69, 9.17) is 10.5 Å². The molecule has 3 rings (SSSR count). The Morgan fingerprint density at radius 1 is 1.37 bits per heavy atom. The van der Waals surface area contributed by atoms with Gasteiger partial charge in [-0.15, -0.1) is 0 Å². The molecule has 1 aromatic heterocycles. The van der Waals surface area contributed by atoms with E-state index in [1.54, 1.807) is 19.4 Å². The van der Waals surface area contributed by atoms with E-state index in [2.05, 4.69) is 20.3 Å². The molecule has 0 aliphatic carbocycles. The molecule has 19 heavy (non-hydrogen) atoms. The first-order valence-electron chi connectivity index (χ1n) is 5.82. The standard InChI is InChI=1S/C13H13N5O/c1-19-11-5-9-7-15-6-8(9)4-10(11)17-12-2-3-16-13(14)18-12/h2-6H,7H2,1H3,(H3,14,16,17,18). The van der Waals surface area contributed by atoms with Gasteiger partial charge in [0.1, 0.15) is 11.6 Å². The van der Waals surface area contributed by atoms with Gasteiger partial charge >= 0.3 is 0 Å². The average molecular weight is 255 g/mol. The van der Waals surface area contributed by atoms with Crippen molar-refractivity contribution in [2.24, 2.45) is 4.99 Å². The highest BCUT2D eigenvalue weighted by molar-refractivity contribution is 5.87. The van der Waals surface area contributed by atoms with Crippen molar-refractivity contribution in [3.63, 3.8) is 0 Å². The number of rotatable bonds is 3. The predicted molar refractivity (Wildman–Crippen MR) is 74.0 cm³/mol. The number of nitrogen functional groups attached to an aromatic ring is 1. The van der Waals surface area contributed by atoms with Gasteiger partial charge in [0.05, 0.1) is 19.3 Å². The number of nitrogens with two attached hydrogens (primary N) is 1. The molecule has 0 unspecified atom stereocenters. The van der Waals surface area contributed by atoms with Crippen LogP contribution in [0, 0.1) is 0 Å². The number of fused-ring (bicyclic) bond motifs is 1. The van der Waals surface area contributed by atoms with Crippen molar-refractivity contribution in [2.75, 3.05) is 18.2 Å². The van der Waals surface area contributed by atoms with Gasteiger partial charge in [-0.2, -0.15) is 4.98 Å². The van der Waals surface area contributed by atoms with Crippen molar-refractivity contribution in [1.29, 1.82) is 0 Å². The largest absolute Gasteiger partial charge is 0.495 e. The molecule has 2 heterocycles. The Kier molecular flexibility index (Phi) is 2.75. The highest BCUT2D eigenvalue weighted by Gasteiger charge is 2.13. The Labute approximate surface area is 110 Å². The third-order valence-corrected chi connectivity index (χ3v) is 2.89. The summed E-state index contributed by atoms with van der Waals surface area (Å²) in [5.74, 6) is 1.61. The molecular weight excluding hydrogens is 242 g/mol. The van der Waals surface area contributed by atoms with Gasteiger partial charge in [-0.05, 0) is 29.3 Å². The van der Waals surface area contributed by atoms with Crippen molar-refractivity contribution >= 4 is 23.7 Å². The van der Waals surface area contributed by atoms with E-state index >= 15 is 0 Å². The molecule has 0 amide bonds. The smallest absolute Gasteiger partial charge is 0.221 e. The minimum Gasteiger partial charge on any atom is -0.495 e. The summed E-state index contributed by atoms with van der Waals surface area (Å²) in [5.41, 5.74) is 8.63. The molecule has 6 heteroatoms. The quantitative estimate of drug-likeness (QED) is 0.872. The number of anilines is 3. The number of methoxy groups -OCH3 is 1. The summed E-state index contributed by atoms with van der Waals surface area (Å²) in [4.78, 5) is 12.2. The van der Waals surface area contributed by atoms with Gasteiger partial charge in [-0.25, -0.2) is 4.98 Å². The summed E-state index contributed by atoms with van der Waals surface area (Å²) in [5, 5.41) is 3.18. The molecule has 1 aromatic carbocycles. The fraction of sp³-hybridized carbons (Fsp3) is 0.154. The predicted octanol–water partition coefficient (Wildman–Crippen LogP) is 1.74. The third kappa shape index (κ3) is 2.20. The highest BCUT2D eigenvalue weighted by Crippen LogP contribution is 2.32. The molecule has 1 aliphatic heterocycles. The van der Waals surface area contributed by atoms with Crippen molar-refractivity contribution in [2.45, 2.75) is 6.54 Å². The molecule has 0 saturated carbocycles. The molecule has 96 valence electrons. The van der Waals surface area contributed by atoms with Crippen LogP contribution in [0.15, 0.2) is 29.4 Å². The van der Waals surface area contributed by atoms with Gasteiger partial charge in [0.15, 0.2) is 0 Å². The van der Waals surface area contributed by atoms with E-state index in [0.717, 1.165) is 22.6 Å². The molecule has 2 aromatic rings. The molecule has 0 saturated heterocycles. The van der Waals surface area contributed by atoms with Crippen LogP contribution in [0.2, 0.25) is 0 Å². The molecule has 0 radical (unpaired) electrons. The number of nitrogens with zero attached hydrogens (tertiary/aromatic N) is 3. The molecule has 0 spiro atoms. The summed E-state index contributed by atoms with van der Waals surface area (Å²) in [6.07, 6.45) is 3.46. The molecule has 1 aliphatic rings. The number of benzene rings is 1. The SMILES string of the molecule is COc1cc2c(cc1Nc1ccnc(N)n1)C=NC2. The number of nitrogens with one attached hydrogen (secondary N) is 1. The first-order chi connectivity index (χ1) is 9.26. The number of ether oxygens (including phenoxy) is 1. The number of aromatic nitrogens is 2. The molecule has 3 N–H and O–H groups in total. The van der Waals surface area contributed by atoms with E-state index in [9.17, 15) is 0 Å². The lowest BCUT2D eigenvalue weighted by molar-refractivity contribution is 0.416. The van der Waals surface area contributed by atoms with Crippen LogP contribution in [0.1, 0.15) is 11.1 Å². The normalized spacial score (nSPS) is 12.3. The second-order valence-electron chi connectivity index (χ2n) is 4.15. The number of aliphatic imine (C=N–C) groups is 1.